The Kier molecular flexibility index (Phi) is 6.31. The quantitative estimate of drug-likeness (QED) is 0.455. The van der Waals surface area contributed by atoms with Crippen molar-refractivity contribution in [1.29, 1.82) is 5.26 Å². The number of nitrogens with zero attached hydrogens (tertiary/aromatic N) is 3. The number of esters is 1. The van der Waals surface area contributed by atoms with Crippen molar-refractivity contribution in [3.8, 4) is 6.07 Å². The third kappa shape index (κ3) is 5.19. The molecule has 0 aliphatic rings. The van der Waals surface area contributed by atoms with E-state index in [0.29, 0.717) is 23.0 Å². The second kappa shape index (κ2) is 8.65. The van der Waals surface area contributed by atoms with Crippen molar-refractivity contribution < 1.29 is 14.3 Å². The van der Waals surface area contributed by atoms with Gasteiger partial charge in [0.2, 0.25) is 5.91 Å². The first kappa shape index (κ1) is 18.2. The minimum Gasteiger partial charge on any atom is -0.462 e. The number of nitrogen functional groups attached to an aromatic ring is 1. The fourth-order valence-electron chi connectivity index (χ4n) is 1.76. The van der Waals surface area contributed by atoms with Crippen molar-refractivity contribution in [2.45, 2.75) is 12.1 Å². The van der Waals surface area contributed by atoms with Gasteiger partial charge in [0, 0.05) is 5.69 Å². The number of nitrogens with one attached hydrogen (secondary N) is 1. The van der Waals surface area contributed by atoms with E-state index in [9.17, 15) is 9.59 Å². The minimum atomic E-state index is -0.411. The molecule has 0 bridgehead atoms. The van der Waals surface area contributed by atoms with Crippen LogP contribution in [0, 0.1) is 11.3 Å². The highest BCUT2D eigenvalue weighted by Gasteiger charge is 2.09. The van der Waals surface area contributed by atoms with E-state index in [4.69, 9.17) is 15.7 Å². The van der Waals surface area contributed by atoms with Gasteiger partial charge in [-0.1, -0.05) is 11.8 Å². The number of thioether (sulfide) groups is 1. The number of hydrogen-bond donors (Lipinski definition) is 2. The van der Waals surface area contributed by atoms with Gasteiger partial charge in [0.15, 0.2) is 5.16 Å². The van der Waals surface area contributed by atoms with Crippen LogP contribution < -0.4 is 11.1 Å². The summed E-state index contributed by atoms with van der Waals surface area (Å²) < 4.78 is 4.89. The summed E-state index contributed by atoms with van der Waals surface area (Å²) in [5.74, 6) is -0.521. The van der Waals surface area contributed by atoms with Crippen LogP contribution >= 0.6 is 11.8 Å². The normalized spacial score (nSPS) is 9.92. The largest absolute Gasteiger partial charge is 0.462 e. The van der Waals surface area contributed by atoms with Crippen LogP contribution in [-0.4, -0.2) is 34.2 Å². The molecule has 0 aliphatic carbocycles. The van der Waals surface area contributed by atoms with E-state index in [-0.39, 0.29) is 23.0 Å². The first-order valence-corrected chi connectivity index (χ1v) is 8.24. The molecule has 1 aromatic heterocycles. The van der Waals surface area contributed by atoms with E-state index in [1.54, 1.807) is 31.2 Å². The van der Waals surface area contributed by atoms with E-state index < -0.39 is 5.97 Å². The molecule has 0 atom stereocenters. The Morgan fingerprint density at radius 3 is 2.68 bits per heavy atom. The molecular weight excluding hydrogens is 342 g/mol. The smallest absolute Gasteiger partial charge is 0.338 e. The molecule has 3 N–H and O–H groups in total. The molecule has 128 valence electrons. The molecular formula is C16H15N5O3S. The zero-order chi connectivity index (χ0) is 18.2. The van der Waals surface area contributed by atoms with Gasteiger partial charge in [-0.15, -0.1) is 0 Å². The summed E-state index contributed by atoms with van der Waals surface area (Å²) in [4.78, 5) is 31.4. The van der Waals surface area contributed by atoms with Crippen LogP contribution in [0.15, 0.2) is 35.6 Å². The molecule has 2 rings (SSSR count). The molecule has 0 spiro atoms. The zero-order valence-corrected chi connectivity index (χ0v) is 14.2. The number of ether oxygens (including phenoxy) is 1. The Morgan fingerprint density at radius 2 is 2.08 bits per heavy atom. The first-order valence-electron chi connectivity index (χ1n) is 7.26. The summed E-state index contributed by atoms with van der Waals surface area (Å²) in [6, 6.07) is 8.25. The molecule has 1 aromatic carbocycles. The summed E-state index contributed by atoms with van der Waals surface area (Å²) in [5, 5.41) is 11.8. The van der Waals surface area contributed by atoms with Crippen LogP contribution in [-0.2, 0) is 9.53 Å². The minimum absolute atomic E-state index is 0.0744. The van der Waals surface area contributed by atoms with Crippen LogP contribution in [0.3, 0.4) is 0 Å². The van der Waals surface area contributed by atoms with Crippen molar-refractivity contribution in [2.75, 3.05) is 23.4 Å². The SMILES string of the molecule is CCOC(=O)c1ccc(NC(=O)CSc2ncc(C#N)c(N)n2)cc1. The highest BCUT2D eigenvalue weighted by molar-refractivity contribution is 7.99. The van der Waals surface area contributed by atoms with E-state index in [1.807, 2.05) is 6.07 Å². The van der Waals surface area contributed by atoms with Gasteiger partial charge in [-0.25, -0.2) is 14.8 Å². The topological polar surface area (TPSA) is 131 Å². The maximum atomic E-state index is 12.0. The number of benzene rings is 1. The lowest BCUT2D eigenvalue weighted by molar-refractivity contribution is -0.113. The number of anilines is 2. The summed E-state index contributed by atoms with van der Waals surface area (Å²) in [6.07, 6.45) is 1.32. The molecule has 1 heterocycles. The third-order valence-electron chi connectivity index (χ3n) is 2.93. The zero-order valence-electron chi connectivity index (χ0n) is 13.4. The van der Waals surface area contributed by atoms with Gasteiger partial charge in [-0.05, 0) is 31.2 Å². The van der Waals surface area contributed by atoms with Crippen LogP contribution in [0.1, 0.15) is 22.8 Å². The first-order chi connectivity index (χ1) is 12.0. The molecule has 2 aromatic rings. The van der Waals surface area contributed by atoms with Crippen molar-refractivity contribution in [3.63, 3.8) is 0 Å². The van der Waals surface area contributed by atoms with Crippen LogP contribution in [0.4, 0.5) is 11.5 Å². The lowest BCUT2D eigenvalue weighted by Gasteiger charge is -2.06. The van der Waals surface area contributed by atoms with Crippen LogP contribution in [0.2, 0.25) is 0 Å². The van der Waals surface area contributed by atoms with Gasteiger partial charge in [-0.3, -0.25) is 4.79 Å². The van der Waals surface area contributed by atoms with E-state index in [2.05, 4.69) is 15.3 Å². The molecule has 0 saturated carbocycles. The van der Waals surface area contributed by atoms with Crippen molar-refractivity contribution >= 4 is 35.1 Å². The maximum absolute atomic E-state index is 12.0. The average molecular weight is 357 g/mol. The van der Waals surface area contributed by atoms with Crippen molar-refractivity contribution in [2.24, 2.45) is 0 Å². The monoisotopic (exact) mass is 357 g/mol. The van der Waals surface area contributed by atoms with Gasteiger partial charge in [0.05, 0.1) is 24.1 Å². The lowest BCUT2D eigenvalue weighted by Crippen LogP contribution is -2.14. The van der Waals surface area contributed by atoms with Gasteiger partial charge in [-0.2, -0.15) is 5.26 Å². The van der Waals surface area contributed by atoms with E-state index in [0.717, 1.165) is 11.8 Å². The molecule has 1 amide bonds. The number of carbonyl (C=O) groups excluding carboxylic acids is 2. The number of rotatable bonds is 6. The Balaban J connectivity index is 1.89. The van der Waals surface area contributed by atoms with Crippen LogP contribution in [0.5, 0.6) is 0 Å². The fourth-order valence-corrected chi connectivity index (χ4v) is 2.39. The molecule has 0 saturated heterocycles. The summed E-state index contributed by atoms with van der Waals surface area (Å²) >= 11 is 1.10. The Labute approximate surface area is 148 Å². The number of amides is 1. The van der Waals surface area contributed by atoms with Crippen molar-refractivity contribution in [1.82, 2.24) is 9.97 Å². The maximum Gasteiger partial charge on any atom is 0.338 e. The molecule has 9 heteroatoms. The second-order valence-corrected chi connectivity index (χ2v) is 5.64. The third-order valence-corrected chi connectivity index (χ3v) is 3.79. The van der Waals surface area contributed by atoms with Crippen molar-refractivity contribution in [3.05, 3.63) is 41.6 Å². The summed E-state index contributed by atoms with van der Waals surface area (Å²) in [7, 11) is 0. The predicted octanol–water partition coefficient (Wildman–Crippen LogP) is 1.84. The lowest BCUT2D eigenvalue weighted by atomic mass is 10.2. The molecule has 0 aliphatic heterocycles. The molecule has 0 radical (unpaired) electrons. The molecule has 0 unspecified atom stereocenters. The van der Waals surface area contributed by atoms with Gasteiger partial charge in [0.1, 0.15) is 17.5 Å². The Bertz CT molecular complexity index is 818. The van der Waals surface area contributed by atoms with Crippen LogP contribution in [0.25, 0.3) is 0 Å². The molecule has 25 heavy (non-hydrogen) atoms. The number of carbonyl (C=O) groups is 2. The molecule has 0 fully saturated rings. The van der Waals surface area contributed by atoms with Gasteiger partial charge in [0.25, 0.3) is 0 Å². The molecule has 8 nitrogen and oxygen atoms in total. The van der Waals surface area contributed by atoms with E-state index >= 15 is 0 Å². The Morgan fingerprint density at radius 1 is 1.36 bits per heavy atom. The average Bonchev–Trinajstić information content (AvgIpc) is 2.61. The highest BCUT2D eigenvalue weighted by Crippen LogP contribution is 2.17. The second-order valence-electron chi connectivity index (χ2n) is 4.70. The standard InChI is InChI=1S/C16H15N5O3S/c1-2-24-15(23)10-3-5-12(6-4-10)20-13(22)9-25-16-19-8-11(7-17)14(18)21-16/h3-6,8H,2,9H2,1H3,(H,20,22)(H2,18,19,21). The number of nitrogens with two attached hydrogens (primary N) is 1. The Hall–Kier alpha value is -3.12. The van der Waals surface area contributed by atoms with E-state index in [1.165, 1.54) is 6.20 Å². The van der Waals surface area contributed by atoms with Gasteiger partial charge < -0.3 is 15.8 Å². The summed E-state index contributed by atoms with van der Waals surface area (Å²) in [6.45, 7) is 2.03. The fraction of sp³-hybridized carbons (Fsp3) is 0.188. The number of nitriles is 1. The highest BCUT2D eigenvalue weighted by atomic mass is 32.2. The number of aromatic nitrogens is 2. The van der Waals surface area contributed by atoms with Gasteiger partial charge >= 0.3 is 5.97 Å². The number of hydrogen-bond acceptors (Lipinski definition) is 8. The summed E-state index contributed by atoms with van der Waals surface area (Å²) in [5.41, 5.74) is 6.75. The predicted molar refractivity (Wildman–Crippen MR) is 92.9 cm³/mol.